The summed E-state index contributed by atoms with van der Waals surface area (Å²) >= 11 is 0. The summed E-state index contributed by atoms with van der Waals surface area (Å²) in [5, 5.41) is 16.4. The Hall–Kier alpha value is -6.76. The molecule has 46 heavy (non-hydrogen) atoms. The van der Waals surface area contributed by atoms with Crippen LogP contribution in [0.2, 0.25) is 0 Å². The molecule has 0 atom stereocenters. The molecule has 8 aromatic rings. The van der Waals surface area contributed by atoms with Gasteiger partial charge < -0.3 is 0 Å². The third kappa shape index (κ3) is 4.68. The molecule has 0 bridgehead atoms. The molecule has 0 spiro atoms. The maximum Gasteiger partial charge on any atom is 0.190 e. The summed E-state index contributed by atoms with van der Waals surface area (Å²) in [6, 6.07) is 38.8. The minimum atomic E-state index is 0.544. The molecular weight excluding hydrogens is 564 g/mol. The summed E-state index contributed by atoms with van der Waals surface area (Å²) in [5.41, 5.74) is 8.10. The molecule has 0 aliphatic heterocycles. The van der Waals surface area contributed by atoms with Crippen LogP contribution in [0.4, 0.5) is 5.69 Å². The highest BCUT2D eigenvalue weighted by Gasteiger charge is 2.12. The van der Waals surface area contributed by atoms with Crippen LogP contribution in [0.1, 0.15) is 5.56 Å². The zero-order valence-electron chi connectivity index (χ0n) is 24.4. The lowest BCUT2D eigenvalue weighted by Gasteiger charge is -2.13. The van der Waals surface area contributed by atoms with Gasteiger partial charge in [-0.05, 0) is 92.0 Å². The molecule has 0 saturated carbocycles. The third-order valence-electron chi connectivity index (χ3n) is 8.32. The first kappa shape index (κ1) is 26.8. The lowest BCUT2D eigenvalue weighted by molar-refractivity contribution is 1.24. The highest BCUT2D eigenvalue weighted by Crippen LogP contribution is 2.39. The number of nitrogens with zero attached hydrogens (tertiary/aromatic N) is 6. The van der Waals surface area contributed by atoms with Gasteiger partial charge in [0, 0.05) is 35.9 Å². The number of fused-ring (bicyclic) bond motifs is 6. The van der Waals surface area contributed by atoms with Crippen molar-refractivity contribution >= 4 is 38.0 Å². The van der Waals surface area contributed by atoms with Gasteiger partial charge in [0.2, 0.25) is 0 Å². The Morgan fingerprint density at radius 3 is 1.52 bits per heavy atom. The van der Waals surface area contributed by atoms with Crippen molar-refractivity contribution in [2.75, 3.05) is 0 Å². The van der Waals surface area contributed by atoms with Crippen LogP contribution >= 0.6 is 0 Å². The predicted octanol–water partition coefficient (Wildman–Crippen LogP) is 9.82. The predicted molar refractivity (Wildman–Crippen MR) is 183 cm³/mol. The number of aromatic nitrogens is 4. The van der Waals surface area contributed by atoms with Gasteiger partial charge in [0.25, 0.3) is 0 Å². The Kier molecular flexibility index (Phi) is 6.45. The second-order valence-corrected chi connectivity index (χ2v) is 11.0. The first-order valence-corrected chi connectivity index (χ1v) is 14.7. The van der Waals surface area contributed by atoms with Crippen molar-refractivity contribution in [2.24, 2.45) is 0 Å². The minimum Gasteiger partial charge on any atom is -0.257 e. The normalized spacial score (nSPS) is 11.0. The number of hydrogen-bond acceptors (Lipinski definition) is 5. The van der Waals surface area contributed by atoms with E-state index in [1.54, 1.807) is 36.7 Å². The Balaban J connectivity index is 1.19. The average Bonchev–Trinajstić information content (AvgIpc) is 3.14. The van der Waals surface area contributed by atoms with E-state index in [0.29, 0.717) is 22.6 Å². The van der Waals surface area contributed by atoms with E-state index >= 15 is 0 Å². The summed E-state index contributed by atoms with van der Waals surface area (Å²) in [6.45, 7) is 7.28. The second-order valence-electron chi connectivity index (χ2n) is 11.0. The molecule has 8 rings (SSSR count). The maximum absolute atomic E-state index is 9.24. The summed E-state index contributed by atoms with van der Waals surface area (Å²) in [7, 11) is 0. The Morgan fingerprint density at radius 1 is 0.478 bits per heavy atom. The van der Waals surface area contributed by atoms with E-state index in [9.17, 15) is 5.26 Å². The van der Waals surface area contributed by atoms with E-state index < -0.39 is 0 Å². The Morgan fingerprint density at radius 2 is 1.00 bits per heavy atom. The first-order valence-electron chi connectivity index (χ1n) is 14.7. The van der Waals surface area contributed by atoms with Gasteiger partial charge in [0.15, 0.2) is 5.69 Å². The first-order chi connectivity index (χ1) is 22.7. The Labute approximate surface area is 264 Å². The molecule has 212 valence electrons. The van der Waals surface area contributed by atoms with Gasteiger partial charge in [-0.25, -0.2) is 4.85 Å². The monoisotopic (exact) mass is 586 g/mol. The maximum atomic E-state index is 9.24. The Bertz CT molecular complexity index is 2340. The summed E-state index contributed by atoms with van der Waals surface area (Å²) < 4.78 is 0. The van der Waals surface area contributed by atoms with Crippen LogP contribution in [0.5, 0.6) is 0 Å². The molecule has 0 fully saturated rings. The molecule has 4 heterocycles. The minimum absolute atomic E-state index is 0.544. The highest BCUT2D eigenvalue weighted by molar-refractivity contribution is 6.26. The van der Waals surface area contributed by atoms with Gasteiger partial charge in [0.1, 0.15) is 0 Å². The van der Waals surface area contributed by atoms with Crippen LogP contribution in [-0.4, -0.2) is 19.9 Å². The van der Waals surface area contributed by atoms with Crippen LogP contribution in [0.25, 0.3) is 82.2 Å². The van der Waals surface area contributed by atoms with E-state index in [-0.39, 0.29) is 0 Å². The van der Waals surface area contributed by atoms with Crippen molar-refractivity contribution in [3.63, 3.8) is 0 Å². The molecule has 0 amide bonds. The van der Waals surface area contributed by atoms with Crippen molar-refractivity contribution in [3.05, 3.63) is 151 Å². The zero-order chi connectivity index (χ0) is 31.0. The van der Waals surface area contributed by atoms with Gasteiger partial charge >= 0.3 is 0 Å². The van der Waals surface area contributed by atoms with Crippen molar-refractivity contribution in [1.29, 1.82) is 5.26 Å². The van der Waals surface area contributed by atoms with E-state index in [2.05, 4.69) is 104 Å². The standard InChI is InChI=1S/C40H22N6/c1-42-30-15-17-44-40(21-30)38-13-9-29(24-46-38)27-7-11-34-33-10-6-26(19-35(33)31-4-2-3-5-32(31)36(34)20-27)28-8-12-37(45-23-28)39-18-25(22-41)14-16-43-39/h2-21,23-24H. The molecule has 6 nitrogen and oxygen atoms in total. The van der Waals surface area contributed by atoms with Crippen molar-refractivity contribution in [3.8, 4) is 51.1 Å². The summed E-state index contributed by atoms with van der Waals surface area (Å²) in [6.07, 6.45) is 7.01. The van der Waals surface area contributed by atoms with Gasteiger partial charge in [-0.1, -0.05) is 60.7 Å². The average molecular weight is 587 g/mol. The molecule has 0 radical (unpaired) electrons. The van der Waals surface area contributed by atoms with Crippen LogP contribution in [-0.2, 0) is 0 Å². The number of nitriles is 1. The van der Waals surface area contributed by atoms with Gasteiger partial charge in [-0.2, -0.15) is 5.26 Å². The number of rotatable bonds is 4. The number of pyridine rings is 4. The fourth-order valence-electron chi connectivity index (χ4n) is 6.02. The van der Waals surface area contributed by atoms with Crippen LogP contribution < -0.4 is 0 Å². The number of benzene rings is 4. The van der Waals surface area contributed by atoms with Gasteiger partial charge in [0.05, 0.1) is 41.0 Å². The largest absolute Gasteiger partial charge is 0.257 e. The van der Waals surface area contributed by atoms with Crippen molar-refractivity contribution in [2.45, 2.75) is 0 Å². The molecule has 0 aliphatic carbocycles. The third-order valence-corrected chi connectivity index (χ3v) is 8.32. The molecular formula is C40H22N6. The quantitative estimate of drug-likeness (QED) is 0.151. The molecule has 0 aliphatic rings. The van der Waals surface area contributed by atoms with Crippen LogP contribution in [0.15, 0.2) is 134 Å². The second kappa shape index (κ2) is 11.1. The van der Waals surface area contributed by atoms with Crippen molar-refractivity contribution in [1.82, 2.24) is 19.9 Å². The molecule has 4 aromatic carbocycles. The highest BCUT2D eigenvalue weighted by atomic mass is 14.8. The molecule has 6 heteroatoms. The zero-order valence-corrected chi connectivity index (χ0v) is 24.4. The molecule has 4 aromatic heterocycles. The van der Waals surface area contributed by atoms with E-state index in [0.717, 1.165) is 33.6 Å². The summed E-state index contributed by atoms with van der Waals surface area (Å²) in [4.78, 5) is 21.6. The van der Waals surface area contributed by atoms with Crippen LogP contribution in [0.3, 0.4) is 0 Å². The smallest absolute Gasteiger partial charge is 0.190 e. The lowest BCUT2D eigenvalue weighted by atomic mass is 9.90. The fourth-order valence-corrected chi connectivity index (χ4v) is 6.02. The van der Waals surface area contributed by atoms with Gasteiger partial charge in [-0.15, -0.1) is 0 Å². The van der Waals surface area contributed by atoms with Crippen LogP contribution in [0, 0.1) is 17.9 Å². The molecule has 0 N–H and O–H groups in total. The summed E-state index contributed by atoms with van der Waals surface area (Å²) in [5.74, 6) is 0. The molecule has 0 unspecified atom stereocenters. The van der Waals surface area contributed by atoms with E-state index in [1.165, 1.54) is 32.3 Å². The van der Waals surface area contributed by atoms with Crippen molar-refractivity contribution < 1.29 is 0 Å². The number of hydrogen-bond donors (Lipinski definition) is 0. The SMILES string of the molecule is [C-]#[N+]c1ccnc(-c2ccc(-c3ccc4c5ccc(-c6ccc(-c7cc(C#N)ccn7)nc6)cc5c5ccccc5c4c3)cn2)c1. The van der Waals surface area contributed by atoms with E-state index in [1.807, 2.05) is 24.5 Å². The molecule has 0 saturated heterocycles. The topological polar surface area (TPSA) is 79.7 Å². The van der Waals surface area contributed by atoms with E-state index in [4.69, 9.17) is 6.57 Å². The fraction of sp³-hybridized carbons (Fsp3) is 0. The lowest BCUT2D eigenvalue weighted by Crippen LogP contribution is -1.90. The van der Waals surface area contributed by atoms with Gasteiger partial charge in [-0.3, -0.25) is 19.9 Å².